The smallest absolute Gasteiger partial charge is 0.265 e. The Bertz CT molecular complexity index is 1460. The molecule has 170 valence electrons. The van der Waals surface area contributed by atoms with Crippen LogP contribution in [0.15, 0.2) is 58.2 Å². The van der Waals surface area contributed by atoms with E-state index in [2.05, 4.69) is 10.0 Å². The number of nitrogens with two attached hydrogens (primary N) is 1. The van der Waals surface area contributed by atoms with Gasteiger partial charge in [-0.05, 0) is 12.1 Å². The third kappa shape index (κ3) is 3.65. The monoisotopic (exact) mass is 470 g/mol. The molecule has 1 aliphatic heterocycles. The zero-order valence-electron chi connectivity index (χ0n) is 17.4. The van der Waals surface area contributed by atoms with E-state index in [9.17, 15) is 22.8 Å². The second-order valence-corrected chi connectivity index (χ2v) is 8.57. The standard InChI is InChI=1S/C21H18N4O7S/c1-31-14-10-16(33(29,30)24-11-6-4-3-5-7-11)15(32-2)9-13(14)25-17(26)8-12-18(19(25)22)21(28)23-20(12)27/h3-10,24H,22H2,1-2H3,(H,23,27,28). The molecule has 0 saturated heterocycles. The highest BCUT2D eigenvalue weighted by Gasteiger charge is 2.33. The van der Waals surface area contributed by atoms with Gasteiger partial charge < -0.3 is 15.2 Å². The fourth-order valence-electron chi connectivity index (χ4n) is 3.48. The average Bonchev–Trinajstić information content (AvgIpc) is 3.06. The van der Waals surface area contributed by atoms with Gasteiger partial charge in [-0.3, -0.25) is 29.0 Å². The van der Waals surface area contributed by atoms with E-state index < -0.39 is 27.4 Å². The number of nitrogen functional groups attached to an aromatic ring is 1. The van der Waals surface area contributed by atoms with Gasteiger partial charge >= 0.3 is 0 Å². The van der Waals surface area contributed by atoms with Gasteiger partial charge in [0.25, 0.3) is 27.4 Å². The summed E-state index contributed by atoms with van der Waals surface area (Å²) in [6.07, 6.45) is 0. The van der Waals surface area contributed by atoms with Gasteiger partial charge in [0.05, 0.1) is 31.0 Å². The zero-order chi connectivity index (χ0) is 23.9. The molecule has 0 radical (unpaired) electrons. The van der Waals surface area contributed by atoms with Crippen molar-refractivity contribution in [1.82, 2.24) is 9.88 Å². The second kappa shape index (κ2) is 7.98. The molecule has 0 fully saturated rings. The van der Waals surface area contributed by atoms with Crippen LogP contribution in [0, 0.1) is 0 Å². The van der Waals surface area contributed by atoms with Crippen molar-refractivity contribution >= 4 is 33.3 Å². The number of fused-ring (bicyclic) bond motifs is 1. The van der Waals surface area contributed by atoms with Crippen molar-refractivity contribution in [1.29, 1.82) is 0 Å². The van der Waals surface area contributed by atoms with Gasteiger partial charge in [0.1, 0.15) is 22.2 Å². The van der Waals surface area contributed by atoms with Crippen LogP contribution in [0.2, 0.25) is 0 Å². The lowest BCUT2D eigenvalue weighted by molar-refractivity contribution is 0.0880. The minimum Gasteiger partial charge on any atom is -0.495 e. The molecule has 1 aliphatic rings. The molecule has 33 heavy (non-hydrogen) atoms. The van der Waals surface area contributed by atoms with E-state index >= 15 is 0 Å². The van der Waals surface area contributed by atoms with E-state index in [-0.39, 0.29) is 39.0 Å². The summed E-state index contributed by atoms with van der Waals surface area (Å²) in [5.41, 5.74) is 5.40. The molecule has 4 N–H and O–H groups in total. The van der Waals surface area contributed by atoms with Crippen LogP contribution < -0.4 is 30.8 Å². The maximum absolute atomic E-state index is 13.0. The fourth-order valence-corrected chi connectivity index (χ4v) is 4.71. The van der Waals surface area contributed by atoms with Crippen LogP contribution in [-0.2, 0) is 10.0 Å². The summed E-state index contributed by atoms with van der Waals surface area (Å²) in [6, 6.07) is 11.6. The first-order valence-corrected chi connectivity index (χ1v) is 10.9. The lowest BCUT2D eigenvalue weighted by atomic mass is 10.1. The number of rotatable bonds is 6. The Morgan fingerprint density at radius 1 is 0.939 bits per heavy atom. The Morgan fingerprint density at radius 3 is 2.24 bits per heavy atom. The quantitative estimate of drug-likeness (QED) is 0.452. The molecule has 4 rings (SSSR count). The third-order valence-electron chi connectivity index (χ3n) is 4.97. The highest BCUT2D eigenvalue weighted by atomic mass is 32.2. The minimum absolute atomic E-state index is 0.0189. The summed E-state index contributed by atoms with van der Waals surface area (Å²) < 4.78 is 40.1. The highest BCUT2D eigenvalue weighted by molar-refractivity contribution is 7.92. The molecular weight excluding hydrogens is 452 g/mol. The maximum Gasteiger partial charge on any atom is 0.265 e. The Labute approximate surface area is 187 Å². The maximum atomic E-state index is 13.0. The van der Waals surface area contributed by atoms with Crippen LogP contribution in [0.25, 0.3) is 5.69 Å². The molecule has 0 atom stereocenters. The number of nitrogens with zero attached hydrogens (tertiary/aromatic N) is 1. The van der Waals surface area contributed by atoms with Crippen LogP contribution in [0.1, 0.15) is 20.7 Å². The summed E-state index contributed by atoms with van der Waals surface area (Å²) in [7, 11) is -1.58. The van der Waals surface area contributed by atoms with Gasteiger partial charge in [0, 0.05) is 23.9 Å². The van der Waals surface area contributed by atoms with E-state index in [0.29, 0.717) is 5.69 Å². The summed E-state index contributed by atoms with van der Waals surface area (Å²) in [6.45, 7) is 0. The van der Waals surface area contributed by atoms with E-state index in [1.165, 1.54) is 26.4 Å². The molecule has 3 aromatic rings. The van der Waals surface area contributed by atoms with Gasteiger partial charge in [-0.1, -0.05) is 18.2 Å². The van der Waals surface area contributed by atoms with Crippen LogP contribution in [0.4, 0.5) is 11.5 Å². The molecule has 0 saturated carbocycles. The van der Waals surface area contributed by atoms with Gasteiger partial charge in [-0.25, -0.2) is 8.42 Å². The van der Waals surface area contributed by atoms with Gasteiger partial charge in [0.15, 0.2) is 0 Å². The van der Waals surface area contributed by atoms with Crippen molar-refractivity contribution in [2.45, 2.75) is 4.90 Å². The lowest BCUT2D eigenvalue weighted by Gasteiger charge is -2.18. The Kier molecular flexibility index (Phi) is 5.30. The Hall–Kier alpha value is -4.32. The number of anilines is 2. The largest absolute Gasteiger partial charge is 0.495 e. The van der Waals surface area contributed by atoms with Crippen LogP contribution in [-0.4, -0.2) is 39.0 Å². The molecule has 2 heterocycles. The Morgan fingerprint density at radius 2 is 1.61 bits per heavy atom. The number of carbonyl (C=O) groups excluding carboxylic acids is 2. The topological polar surface area (TPSA) is 159 Å². The van der Waals surface area contributed by atoms with Crippen LogP contribution in [0.3, 0.4) is 0 Å². The van der Waals surface area contributed by atoms with Crippen molar-refractivity contribution in [2.24, 2.45) is 0 Å². The summed E-state index contributed by atoms with van der Waals surface area (Å²) >= 11 is 0. The number of nitrogens with one attached hydrogen (secondary N) is 2. The van der Waals surface area contributed by atoms with E-state index in [0.717, 1.165) is 10.6 Å². The average molecular weight is 470 g/mol. The number of aromatic nitrogens is 1. The number of ether oxygens (including phenoxy) is 2. The molecule has 2 aromatic carbocycles. The van der Waals surface area contributed by atoms with Crippen LogP contribution in [0.5, 0.6) is 11.5 Å². The molecule has 0 aliphatic carbocycles. The zero-order valence-corrected chi connectivity index (χ0v) is 18.2. The minimum atomic E-state index is -4.12. The number of hydrogen-bond donors (Lipinski definition) is 3. The highest BCUT2D eigenvalue weighted by Crippen LogP contribution is 2.36. The van der Waals surface area contributed by atoms with E-state index in [4.69, 9.17) is 15.2 Å². The van der Waals surface area contributed by atoms with Gasteiger partial charge in [-0.15, -0.1) is 0 Å². The SMILES string of the molecule is COc1cc(S(=O)(=O)Nc2ccccc2)c(OC)cc1-n1c(N)c2c(cc1=O)C(=O)NC2=O. The molecule has 11 nitrogen and oxygen atoms in total. The van der Waals surface area contributed by atoms with Crippen molar-refractivity contribution in [3.63, 3.8) is 0 Å². The second-order valence-electron chi connectivity index (χ2n) is 6.92. The predicted octanol–water partition coefficient (Wildman–Crippen LogP) is 1.12. The number of amides is 2. The lowest BCUT2D eigenvalue weighted by Crippen LogP contribution is -2.25. The molecule has 12 heteroatoms. The van der Waals surface area contributed by atoms with Crippen molar-refractivity contribution < 1.29 is 27.5 Å². The van der Waals surface area contributed by atoms with E-state index in [1.807, 2.05) is 0 Å². The molecule has 0 unspecified atom stereocenters. The number of methoxy groups -OCH3 is 2. The van der Waals surface area contributed by atoms with Crippen molar-refractivity contribution in [2.75, 3.05) is 24.7 Å². The molecule has 0 bridgehead atoms. The predicted molar refractivity (Wildman–Crippen MR) is 119 cm³/mol. The molecule has 0 spiro atoms. The first kappa shape index (κ1) is 21.9. The van der Waals surface area contributed by atoms with E-state index in [1.54, 1.807) is 30.3 Å². The summed E-state index contributed by atoms with van der Waals surface area (Å²) in [5, 5.41) is 2.08. The molecule has 1 aromatic heterocycles. The molecule has 2 amide bonds. The normalized spacial score (nSPS) is 12.8. The molecular formula is C21H18N4O7S. The first-order chi connectivity index (χ1) is 15.7. The van der Waals surface area contributed by atoms with Crippen molar-refractivity contribution in [3.05, 3.63) is 70.0 Å². The fraction of sp³-hybridized carbons (Fsp3) is 0.0952. The number of sulfonamides is 1. The van der Waals surface area contributed by atoms with Gasteiger partial charge in [0.2, 0.25) is 0 Å². The Balaban J connectivity index is 1.91. The number of benzene rings is 2. The number of para-hydroxylation sites is 1. The number of carbonyl (C=O) groups is 2. The third-order valence-corrected chi connectivity index (χ3v) is 6.38. The number of pyridine rings is 1. The summed E-state index contributed by atoms with van der Waals surface area (Å²) in [4.78, 5) is 36.6. The first-order valence-electron chi connectivity index (χ1n) is 9.43. The van der Waals surface area contributed by atoms with Crippen LogP contribution >= 0.6 is 0 Å². The number of imide groups is 1. The number of hydrogen-bond acceptors (Lipinski definition) is 8. The van der Waals surface area contributed by atoms with Gasteiger partial charge in [-0.2, -0.15) is 0 Å². The van der Waals surface area contributed by atoms with Crippen molar-refractivity contribution in [3.8, 4) is 17.2 Å². The summed E-state index contributed by atoms with van der Waals surface area (Å²) in [5.74, 6) is -1.94.